The summed E-state index contributed by atoms with van der Waals surface area (Å²) in [5.41, 5.74) is 6.96. The van der Waals surface area contributed by atoms with E-state index in [1.165, 1.54) is 0 Å². The minimum absolute atomic E-state index is 0.263. The van der Waals surface area contributed by atoms with Crippen molar-refractivity contribution in [1.29, 1.82) is 0 Å². The molecule has 0 radical (unpaired) electrons. The van der Waals surface area contributed by atoms with Crippen molar-refractivity contribution < 1.29 is 28.5 Å². The first-order chi connectivity index (χ1) is 21.9. The van der Waals surface area contributed by atoms with Crippen molar-refractivity contribution in [3.63, 3.8) is 0 Å². The number of H-pyrrole nitrogens is 1. The number of aromatic nitrogens is 1. The molecule has 1 aliphatic rings. The lowest BCUT2D eigenvalue weighted by Crippen LogP contribution is -2.50. The lowest BCUT2D eigenvalue weighted by Gasteiger charge is -2.43. The molecule has 0 amide bonds. The number of ether oxygens (including phenoxy) is 5. The Balaban J connectivity index is 1.56. The van der Waals surface area contributed by atoms with E-state index in [0.29, 0.717) is 23.7 Å². The van der Waals surface area contributed by atoms with Crippen LogP contribution in [0.2, 0.25) is 0 Å². The first kappa shape index (κ1) is 29.9. The second-order valence-corrected chi connectivity index (χ2v) is 11.3. The molecule has 8 nitrogen and oxygen atoms in total. The molecule has 8 heteroatoms. The van der Waals surface area contributed by atoms with Crippen molar-refractivity contribution in [3.05, 3.63) is 102 Å². The third kappa shape index (κ3) is 5.52. The number of fused-ring (bicyclic) bond motifs is 3. The molecule has 2 atom stereocenters. The summed E-state index contributed by atoms with van der Waals surface area (Å²) in [5.74, 6) is 2.09. The predicted molar refractivity (Wildman–Crippen MR) is 176 cm³/mol. The first-order valence-corrected chi connectivity index (χ1v) is 15.0. The number of benzene rings is 4. The molecule has 1 N–H and O–H groups in total. The fourth-order valence-electron chi connectivity index (χ4n) is 6.32. The van der Waals surface area contributed by atoms with Crippen LogP contribution in [0.4, 0.5) is 5.69 Å². The summed E-state index contributed by atoms with van der Waals surface area (Å²) >= 11 is 0. The number of rotatable bonds is 9. The third-order valence-corrected chi connectivity index (χ3v) is 8.35. The number of nitrogens with one attached hydrogen (secondary N) is 1. The summed E-state index contributed by atoms with van der Waals surface area (Å²) in [6, 6.07) is 27.3. The van der Waals surface area contributed by atoms with Gasteiger partial charge in [0.05, 0.1) is 40.6 Å². The zero-order valence-electron chi connectivity index (χ0n) is 26.4. The van der Waals surface area contributed by atoms with Gasteiger partial charge in [-0.2, -0.15) is 0 Å². The molecule has 5 aromatic rings. The van der Waals surface area contributed by atoms with Crippen LogP contribution in [0.25, 0.3) is 22.0 Å². The lowest BCUT2D eigenvalue weighted by molar-refractivity contribution is -0.149. The second kappa shape index (κ2) is 12.5. The van der Waals surface area contributed by atoms with Crippen LogP contribution in [-0.2, 0) is 16.0 Å². The van der Waals surface area contributed by atoms with Gasteiger partial charge in [-0.15, -0.1) is 0 Å². The summed E-state index contributed by atoms with van der Waals surface area (Å²) < 4.78 is 28.4. The predicted octanol–water partition coefficient (Wildman–Crippen LogP) is 7.34. The van der Waals surface area contributed by atoms with Crippen molar-refractivity contribution >= 4 is 22.6 Å². The fraction of sp³-hybridized carbons (Fsp3) is 0.270. The minimum atomic E-state index is -0.602. The molecule has 1 aliphatic heterocycles. The van der Waals surface area contributed by atoms with E-state index in [0.717, 1.165) is 50.3 Å². The number of carbonyl (C=O) groups excluding carboxylic acids is 1. The first-order valence-electron chi connectivity index (χ1n) is 15.0. The largest absolute Gasteiger partial charge is 0.497 e. The highest BCUT2D eigenvalue weighted by molar-refractivity contribution is 5.90. The van der Waals surface area contributed by atoms with Crippen molar-refractivity contribution in [2.45, 2.75) is 38.5 Å². The monoisotopic (exact) mass is 606 g/mol. The molecule has 45 heavy (non-hydrogen) atoms. The molecule has 0 fully saturated rings. The third-order valence-electron chi connectivity index (χ3n) is 8.35. The van der Waals surface area contributed by atoms with Gasteiger partial charge in [-0.25, -0.2) is 4.79 Å². The Morgan fingerprint density at radius 3 is 2.00 bits per heavy atom. The summed E-state index contributed by atoms with van der Waals surface area (Å²) in [6.07, 6.45) is 0.215. The fourth-order valence-corrected chi connectivity index (χ4v) is 6.32. The highest BCUT2D eigenvalue weighted by atomic mass is 16.5. The molecule has 0 saturated carbocycles. The van der Waals surface area contributed by atoms with Gasteiger partial charge < -0.3 is 33.6 Å². The number of carbonyl (C=O) groups is 1. The maximum absolute atomic E-state index is 14.0. The number of para-hydroxylation sites is 1. The minimum Gasteiger partial charge on any atom is -0.497 e. The highest BCUT2D eigenvalue weighted by Gasteiger charge is 2.42. The van der Waals surface area contributed by atoms with Gasteiger partial charge in [0.15, 0.2) is 11.5 Å². The standard InChI is InChI=1S/C37H38N2O6/c1-22(2)45-37(40)31-21-29-28-9-7-8-10-30(28)38-34(29)35(25-19-32(42-4)36(44-6)33(20-25)43-5)39(31)26-15-11-23(12-16-26)24-13-17-27(41-3)18-14-24/h7-20,22,31,35,38H,21H2,1-6H3/t31-,35+/m0/s1. The van der Waals surface area contributed by atoms with E-state index >= 15 is 0 Å². The van der Waals surface area contributed by atoms with Crippen molar-refractivity contribution in [1.82, 2.24) is 4.98 Å². The van der Waals surface area contributed by atoms with E-state index in [-0.39, 0.29) is 12.1 Å². The second-order valence-electron chi connectivity index (χ2n) is 11.3. The molecule has 6 rings (SSSR count). The van der Waals surface area contributed by atoms with Crippen LogP contribution in [-0.4, -0.2) is 51.5 Å². The van der Waals surface area contributed by atoms with Crippen LogP contribution in [0, 0.1) is 0 Å². The molecular formula is C37H38N2O6. The Hall–Kier alpha value is -5.11. The molecule has 0 spiro atoms. The van der Waals surface area contributed by atoms with Crippen LogP contribution in [0.1, 0.15) is 36.7 Å². The maximum atomic E-state index is 14.0. The summed E-state index contributed by atoms with van der Waals surface area (Å²) in [6.45, 7) is 3.76. The van der Waals surface area contributed by atoms with Crippen molar-refractivity contribution in [2.24, 2.45) is 0 Å². The van der Waals surface area contributed by atoms with Crippen LogP contribution < -0.4 is 23.8 Å². The summed E-state index contributed by atoms with van der Waals surface area (Å²) in [4.78, 5) is 19.8. The van der Waals surface area contributed by atoms with Gasteiger partial charge in [0.25, 0.3) is 0 Å². The van der Waals surface area contributed by atoms with Gasteiger partial charge in [0.1, 0.15) is 11.8 Å². The molecular weight excluding hydrogens is 568 g/mol. The van der Waals surface area contributed by atoms with Gasteiger partial charge in [0.2, 0.25) is 5.75 Å². The molecule has 0 bridgehead atoms. The van der Waals surface area contributed by atoms with Gasteiger partial charge in [0, 0.05) is 28.7 Å². The number of esters is 1. The van der Waals surface area contributed by atoms with E-state index in [2.05, 4.69) is 46.3 Å². The van der Waals surface area contributed by atoms with Crippen molar-refractivity contribution in [2.75, 3.05) is 33.3 Å². The lowest BCUT2D eigenvalue weighted by atomic mass is 9.87. The molecule has 2 heterocycles. The van der Waals surface area contributed by atoms with Crippen LogP contribution >= 0.6 is 0 Å². The smallest absolute Gasteiger partial charge is 0.329 e. The average molecular weight is 607 g/mol. The Morgan fingerprint density at radius 1 is 0.800 bits per heavy atom. The maximum Gasteiger partial charge on any atom is 0.329 e. The average Bonchev–Trinajstić information content (AvgIpc) is 3.45. The summed E-state index contributed by atoms with van der Waals surface area (Å²) in [5, 5.41) is 1.08. The van der Waals surface area contributed by atoms with Gasteiger partial charge >= 0.3 is 5.97 Å². The van der Waals surface area contributed by atoms with E-state index in [4.69, 9.17) is 23.7 Å². The van der Waals surface area contributed by atoms with E-state index < -0.39 is 12.1 Å². The number of methoxy groups -OCH3 is 4. The number of aromatic amines is 1. The SMILES string of the molecule is COc1ccc(-c2ccc(N3[C@H](c4cc(OC)c(OC)c(OC)c4)c4[nH]c5ccccc5c4C[C@H]3C(=O)OC(C)C)cc2)cc1. The number of nitrogens with zero attached hydrogens (tertiary/aromatic N) is 1. The molecule has 1 aromatic heterocycles. The Kier molecular flexibility index (Phi) is 8.30. The number of anilines is 1. The summed E-state index contributed by atoms with van der Waals surface area (Å²) in [7, 11) is 6.46. The Bertz CT molecular complexity index is 1780. The quantitative estimate of drug-likeness (QED) is 0.176. The number of hydrogen-bond acceptors (Lipinski definition) is 7. The van der Waals surface area contributed by atoms with E-state index in [1.54, 1.807) is 28.4 Å². The van der Waals surface area contributed by atoms with Crippen LogP contribution in [0.15, 0.2) is 84.9 Å². The molecule has 0 saturated heterocycles. The van der Waals surface area contributed by atoms with Gasteiger partial charge in [-0.05, 0) is 78.6 Å². The molecule has 0 aliphatic carbocycles. The van der Waals surface area contributed by atoms with Crippen molar-refractivity contribution in [3.8, 4) is 34.1 Å². The van der Waals surface area contributed by atoms with Gasteiger partial charge in [-0.1, -0.05) is 42.5 Å². The molecule has 4 aromatic carbocycles. The number of hydrogen-bond donors (Lipinski definition) is 1. The Morgan fingerprint density at radius 2 is 1.42 bits per heavy atom. The molecule has 232 valence electrons. The van der Waals surface area contributed by atoms with Crippen LogP contribution in [0.5, 0.6) is 23.0 Å². The zero-order valence-corrected chi connectivity index (χ0v) is 26.4. The molecule has 0 unspecified atom stereocenters. The van der Waals surface area contributed by atoms with E-state index in [1.807, 2.05) is 62.4 Å². The van der Waals surface area contributed by atoms with Gasteiger partial charge in [-0.3, -0.25) is 0 Å². The highest BCUT2D eigenvalue weighted by Crippen LogP contribution is 2.48. The normalized spacial score (nSPS) is 15.9. The Labute approximate surface area is 263 Å². The zero-order chi connectivity index (χ0) is 31.7. The topological polar surface area (TPSA) is 82.3 Å². The van der Waals surface area contributed by atoms with Crippen LogP contribution in [0.3, 0.4) is 0 Å². The van der Waals surface area contributed by atoms with E-state index in [9.17, 15) is 4.79 Å².